The van der Waals surface area contributed by atoms with E-state index < -0.39 is 0 Å². The van der Waals surface area contributed by atoms with Crippen LogP contribution in [-0.2, 0) is 0 Å². The molecule has 2 heterocycles. The highest BCUT2D eigenvalue weighted by molar-refractivity contribution is 5.96. The lowest BCUT2D eigenvalue weighted by Gasteiger charge is -1.99. The Morgan fingerprint density at radius 1 is 1.33 bits per heavy atom. The summed E-state index contributed by atoms with van der Waals surface area (Å²) in [5.74, 6) is 0.277. The van der Waals surface area contributed by atoms with Crippen LogP contribution in [0.25, 0.3) is 10.9 Å². The Morgan fingerprint density at radius 3 is 3.05 bits per heavy atom. The van der Waals surface area contributed by atoms with E-state index in [2.05, 4.69) is 15.5 Å². The summed E-state index contributed by atoms with van der Waals surface area (Å²) >= 11 is 0. The summed E-state index contributed by atoms with van der Waals surface area (Å²) in [4.78, 5) is 16.1. The van der Waals surface area contributed by atoms with Crippen LogP contribution in [0.4, 0.5) is 0 Å². The van der Waals surface area contributed by atoms with E-state index >= 15 is 0 Å². The molecule has 0 spiro atoms. The molecule has 0 aliphatic rings. The summed E-state index contributed by atoms with van der Waals surface area (Å²) in [6.45, 7) is 1.73. The van der Waals surface area contributed by atoms with Gasteiger partial charge in [-0.15, -0.1) is 0 Å². The number of hydrogen-bond acceptors (Lipinski definition) is 4. The third-order valence-electron chi connectivity index (χ3n) is 3.11. The number of furan rings is 1. The van der Waals surface area contributed by atoms with Crippen molar-refractivity contribution < 1.29 is 9.21 Å². The molecular weight excluding hydrogens is 266 g/mol. The Labute approximate surface area is 121 Å². The van der Waals surface area contributed by atoms with E-state index in [1.165, 1.54) is 6.26 Å². The second kappa shape index (κ2) is 5.58. The second-order valence-corrected chi connectivity index (χ2v) is 4.55. The lowest BCUT2D eigenvalue weighted by molar-refractivity contribution is 0.0953. The summed E-state index contributed by atoms with van der Waals surface area (Å²) in [6, 6.07) is 11.2. The third kappa shape index (κ3) is 2.81. The number of carbonyl (C=O) groups excluding carboxylic acids is 1. The number of pyridine rings is 1. The van der Waals surface area contributed by atoms with Crippen molar-refractivity contribution in [1.29, 1.82) is 0 Å². The van der Waals surface area contributed by atoms with E-state index in [1.54, 1.807) is 25.4 Å². The zero-order valence-corrected chi connectivity index (χ0v) is 11.4. The maximum atomic E-state index is 11.8. The summed E-state index contributed by atoms with van der Waals surface area (Å²) in [6.07, 6.45) is 4.83. The van der Waals surface area contributed by atoms with Gasteiger partial charge in [0.1, 0.15) is 5.76 Å². The Morgan fingerprint density at radius 2 is 2.24 bits per heavy atom. The molecule has 0 fully saturated rings. The number of fused-ring (bicyclic) bond motifs is 1. The third-order valence-corrected chi connectivity index (χ3v) is 3.11. The fraction of sp³-hybridized carbons (Fsp3) is 0.0625. The van der Waals surface area contributed by atoms with Crippen molar-refractivity contribution in [2.75, 3.05) is 0 Å². The SMILES string of the molecule is Cc1occc1C(=O)NN=Cc1ccc2ncccc2c1. The molecule has 0 bridgehead atoms. The van der Waals surface area contributed by atoms with E-state index in [0.29, 0.717) is 11.3 Å². The predicted molar refractivity (Wildman–Crippen MR) is 80.2 cm³/mol. The Bertz CT molecular complexity index is 821. The Kier molecular flexibility index (Phi) is 3.47. The van der Waals surface area contributed by atoms with Gasteiger partial charge in [0.2, 0.25) is 0 Å². The Balaban J connectivity index is 1.73. The van der Waals surface area contributed by atoms with Crippen LogP contribution in [0.15, 0.2) is 58.4 Å². The number of rotatable bonds is 3. The van der Waals surface area contributed by atoms with Crippen molar-refractivity contribution in [2.24, 2.45) is 5.10 Å². The van der Waals surface area contributed by atoms with Crippen molar-refractivity contribution in [3.05, 3.63) is 65.7 Å². The van der Waals surface area contributed by atoms with Crippen molar-refractivity contribution in [2.45, 2.75) is 6.92 Å². The van der Waals surface area contributed by atoms with Gasteiger partial charge in [-0.1, -0.05) is 12.1 Å². The smallest absolute Gasteiger partial charge is 0.274 e. The van der Waals surface area contributed by atoms with Gasteiger partial charge in [0.05, 0.1) is 23.6 Å². The van der Waals surface area contributed by atoms with Gasteiger partial charge in [0.25, 0.3) is 5.91 Å². The van der Waals surface area contributed by atoms with Crippen LogP contribution in [0.3, 0.4) is 0 Å². The first kappa shape index (κ1) is 13.1. The first-order valence-electron chi connectivity index (χ1n) is 6.46. The van der Waals surface area contributed by atoms with E-state index in [4.69, 9.17) is 4.42 Å². The first-order chi connectivity index (χ1) is 10.2. The van der Waals surface area contributed by atoms with Gasteiger partial charge in [-0.3, -0.25) is 9.78 Å². The van der Waals surface area contributed by atoms with Crippen LogP contribution in [-0.4, -0.2) is 17.1 Å². The maximum Gasteiger partial charge on any atom is 0.274 e. The molecule has 0 aliphatic carbocycles. The molecule has 0 saturated carbocycles. The zero-order chi connectivity index (χ0) is 14.7. The molecular formula is C16H13N3O2. The number of nitrogens with one attached hydrogen (secondary N) is 1. The van der Waals surface area contributed by atoms with E-state index in [0.717, 1.165) is 16.5 Å². The van der Waals surface area contributed by atoms with Crippen LogP contribution in [0.2, 0.25) is 0 Å². The number of hydrogen-bond donors (Lipinski definition) is 1. The molecule has 3 aromatic rings. The molecule has 5 heteroatoms. The number of benzene rings is 1. The van der Waals surface area contributed by atoms with Crippen LogP contribution in [0.1, 0.15) is 21.7 Å². The minimum absolute atomic E-state index is 0.292. The van der Waals surface area contributed by atoms with Gasteiger partial charge < -0.3 is 4.42 Å². The van der Waals surface area contributed by atoms with Gasteiger partial charge in [-0.25, -0.2) is 5.43 Å². The number of aromatic nitrogens is 1. The molecule has 0 saturated heterocycles. The van der Waals surface area contributed by atoms with Gasteiger partial charge in [0.15, 0.2) is 0 Å². The number of carbonyl (C=O) groups is 1. The minimum atomic E-state index is -0.292. The summed E-state index contributed by atoms with van der Waals surface area (Å²) in [5.41, 5.74) is 4.77. The molecule has 5 nitrogen and oxygen atoms in total. The average Bonchev–Trinajstić information content (AvgIpc) is 2.93. The van der Waals surface area contributed by atoms with Crippen molar-refractivity contribution in [3.8, 4) is 0 Å². The van der Waals surface area contributed by atoms with Gasteiger partial charge in [-0.2, -0.15) is 5.10 Å². The fourth-order valence-electron chi connectivity index (χ4n) is 2.02. The van der Waals surface area contributed by atoms with Crippen molar-refractivity contribution in [3.63, 3.8) is 0 Å². The first-order valence-corrected chi connectivity index (χ1v) is 6.46. The highest BCUT2D eigenvalue weighted by atomic mass is 16.3. The van der Waals surface area contributed by atoms with E-state index in [9.17, 15) is 4.79 Å². The normalized spacial score (nSPS) is 11.1. The lowest BCUT2D eigenvalue weighted by Crippen LogP contribution is -2.17. The molecule has 0 unspecified atom stereocenters. The van der Waals surface area contributed by atoms with Gasteiger partial charge >= 0.3 is 0 Å². The number of hydrazone groups is 1. The van der Waals surface area contributed by atoms with Crippen LogP contribution < -0.4 is 5.43 Å². The number of nitrogens with zero attached hydrogens (tertiary/aromatic N) is 2. The van der Waals surface area contributed by atoms with Crippen LogP contribution in [0.5, 0.6) is 0 Å². The zero-order valence-electron chi connectivity index (χ0n) is 11.4. The summed E-state index contributed by atoms with van der Waals surface area (Å²) in [5, 5.41) is 4.99. The van der Waals surface area contributed by atoms with E-state index in [-0.39, 0.29) is 5.91 Å². The molecule has 21 heavy (non-hydrogen) atoms. The average molecular weight is 279 g/mol. The molecule has 2 aromatic heterocycles. The number of amides is 1. The predicted octanol–water partition coefficient (Wildman–Crippen LogP) is 2.90. The van der Waals surface area contributed by atoms with Crippen molar-refractivity contribution >= 4 is 23.0 Å². The van der Waals surface area contributed by atoms with Gasteiger partial charge in [0, 0.05) is 11.6 Å². The molecule has 1 amide bonds. The summed E-state index contributed by atoms with van der Waals surface area (Å²) in [7, 11) is 0. The minimum Gasteiger partial charge on any atom is -0.469 e. The van der Waals surface area contributed by atoms with E-state index in [1.807, 2.05) is 30.3 Å². The highest BCUT2D eigenvalue weighted by Gasteiger charge is 2.09. The highest BCUT2D eigenvalue weighted by Crippen LogP contribution is 2.12. The second-order valence-electron chi connectivity index (χ2n) is 4.55. The molecule has 0 radical (unpaired) electrons. The monoisotopic (exact) mass is 279 g/mol. The molecule has 0 aliphatic heterocycles. The quantitative estimate of drug-likeness (QED) is 0.592. The topological polar surface area (TPSA) is 67.5 Å². The van der Waals surface area contributed by atoms with Crippen LogP contribution in [0, 0.1) is 6.92 Å². The maximum absolute atomic E-state index is 11.8. The van der Waals surface area contributed by atoms with Gasteiger partial charge in [-0.05, 0) is 36.8 Å². The number of aryl methyl sites for hydroxylation is 1. The molecule has 0 atom stereocenters. The fourth-order valence-corrected chi connectivity index (χ4v) is 2.02. The molecule has 104 valence electrons. The van der Waals surface area contributed by atoms with Crippen LogP contribution >= 0.6 is 0 Å². The standard InChI is InChI=1S/C16H13N3O2/c1-11-14(6-8-21-11)16(20)19-18-10-12-4-5-15-13(9-12)3-2-7-17-15/h2-10H,1H3,(H,19,20). The molecule has 3 rings (SSSR count). The molecule has 1 aromatic carbocycles. The molecule has 1 N–H and O–H groups in total. The van der Waals surface area contributed by atoms with Crippen molar-refractivity contribution in [1.82, 2.24) is 10.4 Å². The summed E-state index contributed by atoms with van der Waals surface area (Å²) < 4.78 is 5.08. The lowest BCUT2D eigenvalue weighted by atomic mass is 10.1. The largest absolute Gasteiger partial charge is 0.469 e. The Hall–Kier alpha value is -2.95.